The number of carbonyl (C=O) groups is 1. The van der Waals surface area contributed by atoms with Gasteiger partial charge in [-0.2, -0.15) is 0 Å². The highest BCUT2D eigenvalue weighted by Gasteiger charge is 2.36. The van der Waals surface area contributed by atoms with Crippen LogP contribution in [0.1, 0.15) is 27.8 Å². The SMILES string of the molecule is Cc1cccc(N2C(=O)c3ccccc3[C@H]2O)n1. The monoisotopic (exact) mass is 240 g/mol. The number of carbonyl (C=O) groups excluding carboxylic acids is 1. The Bertz CT molecular complexity index is 625. The van der Waals surface area contributed by atoms with Gasteiger partial charge in [-0.1, -0.05) is 24.3 Å². The lowest BCUT2D eigenvalue weighted by molar-refractivity contribution is 0.0933. The lowest BCUT2D eigenvalue weighted by Gasteiger charge is -2.19. The summed E-state index contributed by atoms with van der Waals surface area (Å²) in [5.41, 5.74) is 1.97. The number of aryl methyl sites for hydroxylation is 1. The molecule has 0 saturated heterocycles. The summed E-state index contributed by atoms with van der Waals surface area (Å²) in [5.74, 6) is 0.264. The molecule has 0 aliphatic carbocycles. The average Bonchev–Trinajstić information content (AvgIpc) is 2.63. The Morgan fingerprint density at radius 2 is 1.94 bits per heavy atom. The summed E-state index contributed by atoms with van der Waals surface area (Å²) in [4.78, 5) is 17.8. The van der Waals surface area contributed by atoms with Gasteiger partial charge < -0.3 is 5.11 Å². The number of benzene rings is 1. The van der Waals surface area contributed by atoms with Crippen molar-refractivity contribution in [2.45, 2.75) is 13.2 Å². The first-order valence-electron chi connectivity index (χ1n) is 5.72. The maximum Gasteiger partial charge on any atom is 0.262 e. The number of aliphatic hydroxyl groups excluding tert-OH is 1. The summed E-state index contributed by atoms with van der Waals surface area (Å²) in [5, 5.41) is 10.2. The molecule has 0 bridgehead atoms. The Morgan fingerprint density at radius 1 is 1.17 bits per heavy atom. The third-order valence-electron chi connectivity index (χ3n) is 3.05. The van der Waals surface area contributed by atoms with Crippen molar-refractivity contribution in [3.05, 3.63) is 59.3 Å². The molecule has 4 heteroatoms. The number of aromatic nitrogens is 1. The van der Waals surface area contributed by atoms with E-state index in [0.717, 1.165) is 5.69 Å². The number of fused-ring (bicyclic) bond motifs is 1. The van der Waals surface area contributed by atoms with Crippen LogP contribution in [0.5, 0.6) is 0 Å². The Kier molecular flexibility index (Phi) is 2.38. The smallest absolute Gasteiger partial charge is 0.262 e. The molecule has 0 fully saturated rings. The van der Waals surface area contributed by atoms with Gasteiger partial charge in [0.25, 0.3) is 5.91 Å². The van der Waals surface area contributed by atoms with E-state index in [1.54, 1.807) is 24.3 Å². The van der Waals surface area contributed by atoms with Crippen LogP contribution in [0.3, 0.4) is 0 Å². The van der Waals surface area contributed by atoms with E-state index in [2.05, 4.69) is 4.98 Å². The van der Waals surface area contributed by atoms with Crippen molar-refractivity contribution in [1.82, 2.24) is 4.98 Å². The summed E-state index contributed by atoms with van der Waals surface area (Å²) in [6.07, 6.45) is -0.956. The van der Waals surface area contributed by atoms with Crippen molar-refractivity contribution in [3.8, 4) is 0 Å². The zero-order valence-corrected chi connectivity index (χ0v) is 9.87. The van der Waals surface area contributed by atoms with Gasteiger partial charge in [0.1, 0.15) is 5.82 Å². The highest BCUT2D eigenvalue weighted by molar-refractivity contribution is 6.10. The van der Waals surface area contributed by atoms with Crippen LogP contribution in [-0.2, 0) is 0 Å². The number of hydrogen-bond donors (Lipinski definition) is 1. The summed E-state index contributed by atoms with van der Waals surface area (Å²) in [6.45, 7) is 1.85. The molecule has 2 heterocycles. The molecule has 1 aromatic heterocycles. The zero-order chi connectivity index (χ0) is 12.7. The van der Waals surface area contributed by atoms with E-state index < -0.39 is 6.23 Å². The maximum atomic E-state index is 12.2. The quantitative estimate of drug-likeness (QED) is 0.829. The second-order valence-corrected chi connectivity index (χ2v) is 4.27. The van der Waals surface area contributed by atoms with E-state index in [1.165, 1.54) is 4.90 Å². The van der Waals surface area contributed by atoms with Crippen LogP contribution in [-0.4, -0.2) is 16.0 Å². The van der Waals surface area contributed by atoms with Crippen LogP contribution in [0.15, 0.2) is 42.5 Å². The third kappa shape index (κ3) is 1.50. The van der Waals surface area contributed by atoms with Crippen LogP contribution in [0.2, 0.25) is 0 Å². The van der Waals surface area contributed by atoms with Crippen LogP contribution in [0, 0.1) is 6.92 Å². The first-order chi connectivity index (χ1) is 8.68. The number of rotatable bonds is 1. The molecule has 18 heavy (non-hydrogen) atoms. The van der Waals surface area contributed by atoms with E-state index in [-0.39, 0.29) is 5.91 Å². The van der Waals surface area contributed by atoms with Crippen molar-refractivity contribution in [2.75, 3.05) is 4.90 Å². The van der Waals surface area contributed by atoms with Gasteiger partial charge in [-0.05, 0) is 25.1 Å². The van der Waals surface area contributed by atoms with Gasteiger partial charge in [-0.15, -0.1) is 0 Å². The van der Waals surface area contributed by atoms with Gasteiger partial charge in [0.05, 0.1) is 0 Å². The lowest BCUT2D eigenvalue weighted by atomic mass is 10.1. The maximum absolute atomic E-state index is 12.2. The fourth-order valence-corrected chi connectivity index (χ4v) is 2.19. The number of anilines is 1. The van der Waals surface area contributed by atoms with Crippen LogP contribution >= 0.6 is 0 Å². The van der Waals surface area contributed by atoms with Crippen molar-refractivity contribution < 1.29 is 9.90 Å². The molecular weight excluding hydrogens is 228 g/mol. The van der Waals surface area contributed by atoms with Gasteiger partial charge in [0.2, 0.25) is 0 Å². The largest absolute Gasteiger partial charge is 0.369 e. The molecule has 4 nitrogen and oxygen atoms in total. The Morgan fingerprint density at radius 3 is 2.67 bits per heavy atom. The molecular formula is C14H12N2O2. The molecule has 1 aliphatic heterocycles. The second-order valence-electron chi connectivity index (χ2n) is 4.27. The van der Waals surface area contributed by atoms with Crippen molar-refractivity contribution in [3.63, 3.8) is 0 Å². The van der Waals surface area contributed by atoms with Crippen molar-refractivity contribution in [1.29, 1.82) is 0 Å². The third-order valence-corrected chi connectivity index (χ3v) is 3.05. The fraction of sp³-hybridized carbons (Fsp3) is 0.143. The standard InChI is InChI=1S/C14H12N2O2/c1-9-5-4-8-12(15-9)16-13(17)10-6-2-3-7-11(10)14(16)18/h2-8,13,17H,1H3/t13-/m1/s1. The average molecular weight is 240 g/mol. The molecule has 3 rings (SSSR count). The lowest BCUT2D eigenvalue weighted by Crippen LogP contribution is -2.28. The molecule has 0 unspecified atom stereocenters. The molecule has 1 N–H and O–H groups in total. The van der Waals surface area contributed by atoms with Gasteiger partial charge in [0, 0.05) is 16.8 Å². The van der Waals surface area contributed by atoms with Crippen molar-refractivity contribution in [2.24, 2.45) is 0 Å². The molecule has 1 atom stereocenters. The first kappa shape index (κ1) is 10.9. The summed E-state index contributed by atoms with van der Waals surface area (Å²) in [7, 11) is 0. The van der Waals surface area contributed by atoms with E-state index >= 15 is 0 Å². The fourth-order valence-electron chi connectivity index (χ4n) is 2.19. The molecule has 0 saturated carbocycles. The van der Waals surface area contributed by atoms with Gasteiger partial charge >= 0.3 is 0 Å². The van der Waals surface area contributed by atoms with E-state index in [4.69, 9.17) is 0 Å². The highest BCUT2D eigenvalue weighted by atomic mass is 16.3. The van der Waals surface area contributed by atoms with Crippen LogP contribution in [0.4, 0.5) is 5.82 Å². The van der Waals surface area contributed by atoms with Gasteiger partial charge in [-0.25, -0.2) is 4.98 Å². The van der Waals surface area contributed by atoms with Gasteiger partial charge in [-0.3, -0.25) is 9.69 Å². The number of aliphatic hydroxyl groups is 1. The zero-order valence-electron chi connectivity index (χ0n) is 9.87. The Balaban J connectivity index is 2.09. The highest BCUT2D eigenvalue weighted by Crippen LogP contribution is 2.34. The molecule has 0 spiro atoms. The number of amides is 1. The van der Waals surface area contributed by atoms with Gasteiger partial charge in [0.15, 0.2) is 6.23 Å². The van der Waals surface area contributed by atoms with Crippen LogP contribution < -0.4 is 4.90 Å². The first-order valence-corrected chi connectivity index (χ1v) is 5.72. The minimum Gasteiger partial charge on any atom is -0.369 e. The topological polar surface area (TPSA) is 53.4 Å². The molecule has 1 aromatic carbocycles. The molecule has 0 radical (unpaired) electrons. The van der Waals surface area contributed by atoms with Crippen LogP contribution in [0.25, 0.3) is 0 Å². The number of nitrogens with zero attached hydrogens (tertiary/aromatic N) is 2. The second kappa shape index (κ2) is 3.92. The summed E-state index contributed by atoms with van der Waals surface area (Å²) >= 11 is 0. The summed E-state index contributed by atoms with van der Waals surface area (Å²) in [6, 6.07) is 12.5. The van der Waals surface area contributed by atoms with Crippen molar-refractivity contribution >= 4 is 11.7 Å². The van der Waals surface area contributed by atoms with E-state index in [9.17, 15) is 9.90 Å². The summed E-state index contributed by atoms with van der Waals surface area (Å²) < 4.78 is 0. The minimum absolute atomic E-state index is 0.212. The van der Waals surface area contributed by atoms with E-state index in [0.29, 0.717) is 16.9 Å². The molecule has 1 aliphatic rings. The molecule has 90 valence electrons. The predicted molar refractivity (Wildman–Crippen MR) is 67.2 cm³/mol. The predicted octanol–water partition coefficient (Wildman–Crippen LogP) is 2.04. The molecule has 2 aromatic rings. The van der Waals surface area contributed by atoms with E-state index in [1.807, 2.05) is 25.1 Å². The normalized spacial score (nSPS) is 18.0. The Hall–Kier alpha value is -2.20. The minimum atomic E-state index is -0.956. The Labute approximate surface area is 105 Å². The number of pyridine rings is 1. The molecule has 1 amide bonds. The number of hydrogen-bond acceptors (Lipinski definition) is 3.